The maximum absolute atomic E-state index is 12.8. The van der Waals surface area contributed by atoms with Crippen molar-refractivity contribution in [2.45, 2.75) is 13.3 Å². The summed E-state index contributed by atoms with van der Waals surface area (Å²) in [6.45, 7) is 2.38. The zero-order valence-corrected chi connectivity index (χ0v) is 15.8. The topological polar surface area (TPSA) is 94.8 Å². The molecule has 0 atom stereocenters. The number of aromatic nitrogens is 3. The first-order valence-electron chi connectivity index (χ1n) is 8.82. The first kappa shape index (κ1) is 19.0. The molecule has 0 bridgehead atoms. The van der Waals surface area contributed by atoms with Crippen molar-refractivity contribution in [2.24, 2.45) is 0 Å². The molecule has 1 amide bonds. The summed E-state index contributed by atoms with van der Waals surface area (Å²) in [6.07, 6.45) is 4.22. The number of carbonyl (C=O) groups excluding carboxylic acids is 1. The second kappa shape index (κ2) is 8.73. The zero-order valence-electron chi connectivity index (χ0n) is 15.8. The molecule has 2 aromatic heterocycles. The van der Waals surface area contributed by atoms with Crippen molar-refractivity contribution < 1.29 is 4.79 Å². The van der Waals surface area contributed by atoms with Gasteiger partial charge in [0.05, 0.1) is 11.6 Å². The van der Waals surface area contributed by atoms with Crippen LogP contribution >= 0.6 is 0 Å². The number of carbonyl (C=O) groups is 1. The first-order chi connectivity index (χ1) is 13.5. The molecule has 7 nitrogen and oxygen atoms in total. The number of aryl methyl sites for hydroxylation is 1. The number of benzene rings is 1. The van der Waals surface area contributed by atoms with Crippen LogP contribution in [0.25, 0.3) is 0 Å². The van der Waals surface area contributed by atoms with Gasteiger partial charge in [-0.05, 0) is 55.3 Å². The highest BCUT2D eigenvalue weighted by Gasteiger charge is 2.15. The van der Waals surface area contributed by atoms with E-state index >= 15 is 0 Å². The average Bonchev–Trinajstić information content (AvgIpc) is 2.72. The number of pyridine rings is 1. The molecule has 0 spiro atoms. The van der Waals surface area contributed by atoms with Crippen LogP contribution in [0, 0.1) is 18.3 Å². The largest absolute Gasteiger partial charge is 0.340 e. The molecular weight excluding hydrogens is 352 g/mol. The molecule has 0 unspecified atom stereocenters. The van der Waals surface area contributed by atoms with Gasteiger partial charge in [0.25, 0.3) is 5.91 Å². The van der Waals surface area contributed by atoms with Gasteiger partial charge in [0, 0.05) is 37.4 Å². The van der Waals surface area contributed by atoms with Crippen LogP contribution in [-0.4, -0.2) is 39.4 Å². The molecule has 2 heterocycles. The average molecular weight is 372 g/mol. The van der Waals surface area contributed by atoms with Gasteiger partial charge in [0.1, 0.15) is 5.69 Å². The van der Waals surface area contributed by atoms with Crippen LogP contribution < -0.4 is 5.32 Å². The molecule has 3 aromatic rings. The van der Waals surface area contributed by atoms with E-state index in [2.05, 4.69) is 26.3 Å². The molecule has 0 fully saturated rings. The Morgan fingerprint density at radius 1 is 1.18 bits per heavy atom. The van der Waals surface area contributed by atoms with Gasteiger partial charge in [0.2, 0.25) is 5.95 Å². The third-order valence-corrected chi connectivity index (χ3v) is 4.15. The lowest BCUT2D eigenvalue weighted by molar-refractivity contribution is 0.0790. The lowest BCUT2D eigenvalue weighted by atomic mass is 10.2. The van der Waals surface area contributed by atoms with Crippen molar-refractivity contribution in [1.29, 1.82) is 5.26 Å². The molecule has 1 aromatic carbocycles. The summed E-state index contributed by atoms with van der Waals surface area (Å²) in [6, 6.07) is 14.6. The zero-order chi connectivity index (χ0) is 19.9. The minimum Gasteiger partial charge on any atom is -0.340 e. The second-order valence-corrected chi connectivity index (χ2v) is 6.37. The van der Waals surface area contributed by atoms with Crippen molar-refractivity contribution in [1.82, 2.24) is 19.9 Å². The summed E-state index contributed by atoms with van der Waals surface area (Å²) < 4.78 is 0. The van der Waals surface area contributed by atoms with Gasteiger partial charge in [-0.3, -0.25) is 9.78 Å². The summed E-state index contributed by atoms with van der Waals surface area (Å²) in [5.74, 6) is 0.148. The van der Waals surface area contributed by atoms with E-state index in [1.807, 2.05) is 25.1 Å². The van der Waals surface area contributed by atoms with Crippen molar-refractivity contribution in [2.75, 3.05) is 18.9 Å². The Hall–Kier alpha value is -3.79. The van der Waals surface area contributed by atoms with Gasteiger partial charge in [0.15, 0.2) is 0 Å². The number of nitrogens with one attached hydrogen (secondary N) is 1. The third kappa shape index (κ3) is 4.89. The molecule has 0 aliphatic heterocycles. The SMILES string of the molecule is Cc1cc(C(=O)N(C)CCc2ccncc2)nc(Nc2cccc(C#N)c2)n1. The molecule has 3 rings (SSSR count). The van der Waals surface area contributed by atoms with Crippen molar-refractivity contribution in [3.8, 4) is 6.07 Å². The molecule has 0 aliphatic rings. The van der Waals surface area contributed by atoms with Gasteiger partial charge in [-0.1, -0.05) is 6.07 Å². The lowest BCUT2D eigenvalue weighted by Crippen LogP contribution is -2.30. The highest BCUT2D eigenvalue weighted by Crippen LogP contribution is 2.16. The van der Waals surface area contributed by atoms with Crippen LogP contribution in [0.2, 0.25) is 0 Å². The number of likely N-dealkylation sites (N-methyl/N-ethyl adjacent to an activating group) is 1. The molecule has 0 saturated carbocycles. The monoisotopic (exact) mass is 372 g/mol. The molecular formula is C21H20N6O. The standard InChI is InChI=1S/C21H20N6O/c1-15-12-19(20(28)27(2)11-8-16-6-9-23-10-7-16)26-21(24-15)25-18-5-3-4-17(13-18)14-22/h3-7,9-10,12-13H,8,11H2,1-2H3,(H,24,25,26). The summed E-state index contributed by atoms with van der Waals surface area (Å²) in [5.41, 5.74) is 3.34. The van der Waals surface area contributed by atoms with Crippen LogP contribution in [-0.2, 0) is 6.42 Å². The third-order valence-electron chi connectivity index (χ3n) is 4.15. The Bertz CT molecular complexity index is 1010. The van der Waals surface area contributed by atoms with E-state index < -0.39 is 0 Å². The summed E-state index contributed by atoms with van der Waals surface area (Å²) in [4.78, 5) is 27.1. The van der Waals surface area contributed by atoms with Crippen LogP contribution in [0.1, 0.15) is 27.3 Å². The van der Waals surface area contributed by atoms with Gasteiger partial charge >= 0.3 is 0 Å². The fraction of sp³-hybridized carbons (Fsp3) is 0.190. The van der Waals surface area contributed by atoms with Gasteiger partial charge in [-0.2, -0.15) is 5.26 Å². The normalized spacial score (nSPS) is 10.2. The van der Waals surface area contributed by atoms with Crippen molar-refractivity contribution >= 4 is 17.5 Å². The summed E-state index contributed by atoms with van der Waals surface area (Å²) in [5, 5.41) is 12.1. The van der Waals surface area contributed by atoms with Crippen LogP contribution in [0.15, 0.2) is 54.9 Å². The molecule has 28 heavy (non-hydrogen) atoms. The van der Waals surface area contributed by atoms with E-state index in [-0.39, 0.29) is 5.91 Å². The second-order valence-electron chi connectivity index (χ2n) is 6.37. The Kier molecular flexibility index (Phi) is 5.92. The molecule has 1 N–H and O–H groups in total. The van der Waals surface area contributed by atoms with E-state index in [0.717, 1.165) is 12.0 Å². The summed E-state index contributed by atoms with van der Waals surface area (Å²) in [7, 11) is 1.75. The molecule has 140 valence electrons. The number of anilines is 2. The number of hydrogen-bond donors (Lipinski definition) is 1. The minimum absolute atomic E-state index is 0.173. The summed E-state index contributed by atoms with van der Waals surface area (Å²) >= 11 is 0. The first-order valence-corrected chi connectivity index (χ1v) is 8.82. The Morgan fingerprint density at radius 2 is 1.96 bits per heavy atom. The van der Waals surface area contributed by atoms with E-state index in [1.54, 1.807) is 48.6 Å². The number of rotatable bonds is 6. The van der Waals surface area contributed by atoms with Crippen LogP contribution in [0.5, 0.6) is 0 Å². The number of amides is 1. The molecule has 0 saturated heterocycles. The predicted molar refractivity (Wildman–Crippen MR) is 106 cm³/mol. The van der Waals surface area contributed by atoms with Crippen LogP contribution in [0.3, 0.4) is 0 Å². The number of hydrogen-bond acceptors (Lipinski definition) is 6. The Balaban J connectivity index is 1.72. The highest BCUT2D eigenvalue weighted by atomic mass is 16.2. The van der Waals surface area contributed by atoms with Gasteiger partial charge < -0.3 is 10.2 Å². The van der Waals surface area contributed by atoms with Crippen molar-refractivity contribution in [3.63, 3.8) is 0 Å². The quantitative estimate of drug-likeness (QED) is 0.714. The van der Waals surface area contributed by atoms with Crippen LogP contribution in [0.4, 0.5) is 11.6 Å². The van der Waals surface area contributed by atoms with Gasteiger partial charge in [-0.15, -0.1) is 0 Å². The number of nitriles is 1. The molecule has 7 heteroatoms. The Labute approximate surface area is 163 Å². The number of nitrogens with zero attached hydrogens (tertiary/aromatic N) is 5. The predicted octanol–water partition coefficient (Wildman–Crippen LogP) is 3.11. The highest BCUT2D eigenvalue weighted by molar-refractivity contribution is 5.92. The van der Waals surface area contributed by atoms with E-state index in [4.69, 9.17) is 5.26 Å². The van der Waals surface area contributed by atoms with Crippen molar-refractivity contribution in [3.05, 3.63) is 77.4 Å². The Morgan fingerprint density at radius 3 is 2.71 bits per heavy atom. The fourth-order valence-corrected chi connectivity index (χ4v) is 2.67. The van der Waals surface area contributed by atoms with E-state index in [0.29, 0.717) is 35.1 Å². The minimum atomic E-state index is -0.173. The van der Waals surface area contributed by atoms with Gasteiger partial charge in [-0.25, -0.2) is 9.97 Å². The van der Waals surface area contributed by atoms with E-state index in [9.17, 15) is 4.79 Å². The smallest absolute Gasteiger partial charge is 0.272 e. The lowest BCUT2D eigenvalue weighted by Gasteiger charge is -2.17. The maximum atomic E-state index is 12.8. The van der Waals surface area contributed by atoms with E-state index in [1.165, 1.54) is 0 Å². The molecule has 0 radical (unpaired) electrons. The fourth-order valence-electron chi connectivity index (χ4n) is 2.67. The molecule has 0 aliphatic carbocycles. The maximum Gasteiger partial charge on any atom is 0.272 e.